The molecule has 3 N–H and O–H groups in total. The van der Waals surface area contributed by atoms with E-state index in [1.54, 1.807) is 0 Å². The number of hydrogen-bond acceptors (Lipinski definition) is 3. The van der Waals surface area contributed by atoms with Gasteiger partial charge in [0.2, 0.25) is 0 Å². The fraction of sp³-hybridized carbons (Fsp3) is 0.600. The van der Waals surface area contributed by atoms with Crippen LogP contribution < -0.4 is 14.3 Å². The van der Waals surface area contributed by atoms with Crippen LogP contribution in [0.2, 0.25) is 13.1 Å². The zero-order chi connectivity index (χ0) is 8.69. The van der Waals surface area contributed by atoms with Crippen molar-refractivity contribution in [2.75, 3.05) is 7.05 Å². The van der Waals surface area contributed by atoms with E-state index in [1.165, 1.54) is 0 Å². The minimum Gasteiger partial charge on any atom is -0.350 e. The molecule has 0 fully saturated rings. The van der Waals surface area contributed by atoms with Crippen LogP contribution in [0.3, 0.4) is 0 Å². The van der Waals surface area contributed by atoms with E-state index in [-0.39, 0.29) is 9.84 Å². The molecule has 0 aromatic rings. The average Bonchev–Trinajstić information content (AvgIpc) is 1.97. The Morgan fingerprint density at radius 1 is 1.45 bits per heavy atom. The van der Waals surface area contributed by atoms with Crippen LogP contribution >= 0.6 is 0 Å². The second-order valence-corrected chi connectivity index (χ2v) is 10.5. The van der Waals surface area contributed by atoms with Crippen molar-refractivity contribution in [3.63, 3.8) is 0 Å². The highest BCUT2D eigenvalue weighted by molar-refractivity contribution is 6.76. The van der Waals surface area contributed by atoms with Gasteiger partial charge in [0.25, 0.3) is 0 Å². The maximum Gasteiger partial charge on any atom is 0.196 e. The van der Waals surface area contributed by atoms with E-state index in [0.717, 1.165) is 0 Å². The van der Waals surface area contributed by atoms with Crippen molar-refractivity contribution in [2.45, 2.75) is 13.1 Å². The minimum atomic E-state index is -0.964. The van der Waals surface area contributed by atoms with Gasteiger partial charge in [0.05, 0.1) is 8.96 Å². The fourth-order valence-electron chi connectivity index (χ4n) is 0.781. The molecule has 6 heteroatoms. The third-order valence-corrected chi connectivity index (χ3v) is 8.75. The van der Waals surface area contributed by atoms with E-state index in [9.17, 15) is 0 Å². The first-order valence-electron chi connectivity index (χ1n) is 3.97. The van der Waals surface area contributed by atoms with Crippen LogP contribution in [-0.2, 0) is 0 Å². The highest BCUT2D eigenvalue weighted by Crippen LogP contribution is 1.75. The smallest absolute Gasteiger partial charge is 0.196 e. The zero-order valence-electron chi connectivity index (χ0n) is 7.65. The summed E-state index contributed by atoms with van der Waals surface area (Å²) >= 11 is 0. The number of rotatable bonds is 6. The summed E-state index contributed by atoms with van der Waals surface area (Å²) in [6, 6.07) is 0. The summed E-state index contributed by atoms with van der Waals surface area (Å²) in [5, 5.41) is 0. The van der Waals surface area contributed by atoms with Gasteiger partial charge in [-0.25, -0.2) is 0 Å². The average molecular weight is 205 g/mol. The largest absolute Gasteiger partial charge is 0.350 e. The van der Waals surface area contributed by atoms with Gasteiger partial charge in [-0.1, -0.05) is 18.8 Å². The molecule has 0 bridgehead atoms. The Labute approximate surface area is 75.1 Å². The molecule has 1 unspecified atom stereocenters. The van der Waals surface area contributed by atoms with Crippen LogP contribution in [0.5, 0.6) is 0 Å². The molecule has 11 heavy (non-hydrogen) atoms. The summed E-state index contributed by atoms with van der Waals surface area (Å²) in [5.74, 6) is 0. The molecule has 0 aliphatic rings. The van der Waals surface area contributed by atoms with Crippen molar-refractivity contribution in [1.82, 2.24) is 14.3 Å². The molecule has 0 saturated heterocycles. The van der Waals surface area contributed by atoms with Gasteiger partial charge in [0.1, 0.15) is 0 Å². The number of nitrogens with one attached hydrogen (secondary N) is 3. The van der Waals surface area contributed by atoms with Crippen molar-refractivity contribution in [2.24, 2.45) is 0 Å². The van der Waals surface area contributed by atoms with Gasteiger partial charge < -0.3 is 14.3 Å². The molecule has 0 aromatic carbocycles. The molecular formula is C5H19N3Si3. The van der Waals surface area contributed by atoms with Crippen LogP contribution in [0.1, 0.15) is 0 Å². The van der Waals surface area contributed by atoms with Crippen LogP contribution in [0, 0.1) is 0 Å². The second-order valence-electron chi connectivity index (χ2n) is 2.77. The first-order valence-corrected chi connectivity index (χ1v) is 10.1. The Bertz CT molecular complexity index is 109. The summed E-state index contributed by atoms with van der Waals surface area (Å²) in [6.45, 7) is 8.42. The Morgan fingerprint density at radius 3 is 2.45 bits per heavy atom. The standard InChI is InChI=1S/C5H19N3Si3/c1-5-11(7-9-6-2)8-10(3)4/h5-8,10-11H,1,9H2,2-4H3. The van der Waals surface area contributed by atoms with Crippen LogP contribution in [0.25, 0.3) is 0 Å². The van der Waals surface area contributed by atoms with Gasteiger partial charge in [0.15, 0.2) is 19.0 Å². The van der Waals surface area contributed by atoms with E-state index in [0.29, 0.717) is 0 Å². The van der Waals surface area contributed by atoms with Gasteiger partial charge >= 0.3 is 0 Å². The molecule has 3 nitrogen and oxygen atoms in total. The highest BCUT2D eigenvalue weighted by atomic mass is 28.4. The zero-order valence-corrected chi connectivity index (χ0v) is 11.4. The molecule has 0 amide bonds. The normalized spacial score (nSPS) is 14.5. The summed E-state index contributed by atoms with van der Waals surface area (Å²) in [7, 11) is 0.191. The molecule has 0 saturated carbocycles. The maximum atomic E-state index is 3.82. The van der Waals surface area contributed by atoms with E-state index in [4.69, 9.17) is 0 Å². The van der Waals surface area contributed by atoms with Gasteiger partial charge in [-0.3, -0.25) is 0 Å². The van der Waals surface area contributed by atoms with E-state index in [2.05, 4.69) is 39.7 Å². The fourth-order valence-corrected chi connectivity index (χ4v) is 8.09. The third-order valence-electron chi connectivity index (χ3n) is 1.25. The molecule has 0 radical (unpaired) electrons. The van der Waals surface area contributed by atoms with Crippen LogP contribution in [0.4, 0.5) is 0 Å². The van der Waals surface area contributed by atoms with E-state index >= 15 is 0 Å². The molecule has 0 aliphatic heterocycles. The minimum absolute atomic E-state index is 0.229. The lowest BCUT2D eigenvalue weighted by atomic mass is 11.3. The Balaban J connectivity index is 3.49. The quantitative estimate of drug-likeness (QED) is 0.453. The molecule has 66 valence electrons. The van der Waals surface area contributed by atoms with E-state index < -0.39 is 18.1 Å². The van der Waals surface area contributed by atoms with Crippen molar-refractivity contribution in [3.8, 4) is 0 Å². The van der Waals surface area contributed by atoms with Gasteiger partial charge in [-0.2, -0.15) is 0 Å². The van der Waals surface area contributed by atoms with Crippen LogP contribution in [-0.4, -0.2) is 35.0 Å². The molecular weight excluding hydrogens is 186 g/mol. The topological polar surface area (TPSA) is 36.1 Å². The molecule has 0 heterocycles. The maximum absolute atomic E-state index is 3.82. The molecule has 0 spiro atoms. The Morgan fingerprint density at radius 2 is 2.09 bits per heavy atom. The first kappa shape index (κ1) is 11.3. The van der Waals surface area contributed by atoms with Crippen molar-refractivity contribution in [3.05, 3.63) is 12.3 Å². The van der Waals surface area contributed by atoms with Gasteiger partial charge in [0, 0.05) is 0 Å². The van der Waals surface area contributed by atoms with Crippen molar-refractivity contribution < 1.29 is 0 Å². The first-order chi connectivity index (χ1) is 5.20. The summed E-state index contributed by atoms with van der Waals surface area (Å²) in [4.78, 5) is 3.20. The lowest BCUT2D eigenvalue weighted by molar-refractivity contribution is 1.19. The van der Waals surface area contributed by atoms with Gasteiger partial charge in [-0.05, 0) is 7.05 Å². The van der Waals surface area contributed by atoms with Gasteiger partial charge in [-0.15, -0.1) is 6.58 Å². The lowest BCUT2D eigenvalue weighted by Crippen LogP contribution is -2.54. The highest BCUT2D eigenvalue weighted by Gasteiger charge is 2.05. The SMILES string of the molecule is C=C[SiH](N[SiH2]NC)N[SiH](C)C. The van der Waals surface area contributed by atoms with E-state index in [1.807, 2.05) is 7.05 Å². The second kappa shape index (κ2) is 6.95. The molecule has 0 aliphatic carbocycles. The predicted octanol–water partition coefficient (Wildman–Crippen LogP) is -1.69. The Hall–Kier alpha value is 0.271. The molecule has 0 rings (SSSR count). The Kier molecular flexibility index (Phi) is 7.12. The summed E-state index contributed by atoms with van der Waals surface area (Å²) in [5.41, 5.74) is 2.07. The van der Waals surface area contributed by atoms with Crippen molar-refractivity contribution in [1.29, 1.82) is 0 Å². The van der Waals surface area contributed by atoms with Crippen molar-refractivity contribution >= 4 is 27.9 Å². The lowest BCUT2D eigenvalue weighted by Gasteiger charge is -2.16. The number of hydrogen-bond donors (Lipinski definition) is 3. The predicted molar refractivity (Wildman–Crippen MR) is 60.1 cm³/mol. The summed E-state index contributed by atoms with van der Waals surface area (Å²) < 4.78 is 7.13. The molecule has 1 atom stereocenters. The summed E-state index contributed by atoms with van der Waals surface area (Å²) in [6.07, 6.45) is 0. The third kappa shape index (κ3) is 6.66. The monoisotopic (exact) mass is 205 g/mol. The molecule has 0 aromatic heterocycles. The van der Waals surface area contributed by atoms with Crippen LogP contribution in [0.15, 0.2) is 12.3 Å².